The topological polar surface area (TPSA) is 63.8 Å². The van der Waals surface area contributed by atoms with Gasteiger partial charge >= 0.3 is 5.97 Å². The van der Waals surface area contributed by atoms with E-state index in [9.17, 15) is 9.90 Å². The summed E-state index contributed by atoms with van der Waals surface area (Å²) in [6.45, 7) is 4.16. The van der Waals surface area contributed by atoms with Crippen LogP contribution < -0.4 is 4.74 Å². The van der Waals surface area contributed by atoms with Gasteiger partial charge in [0, 0.05) is 18.0 Å². The zero-order valence-corrected chi connectivity index (χ0v) is 12.4. The molecular formula is C17H16N2O3. The minimum atomic E-state index is -0.989. The molecule has 0 aliphatic rings. The molecule has 1 aromatic carbocycles. The normalized spacial score (nSPS) is 10.8. The zero-order chi connectivity index (χ0) is 15.7. The van der Waals surface area contributed by atoms with E-state index in [0.717, 1.165) is 17.0 Å². The van der Waals surface area contributed by atoms with Gasteiger partial charge in [-0.15, -0.1) is 0 Å². The lowest BCUT2D eigenvalue weighted by Crippen LogP contribution is -2.04. The highest BCUT2D eigenvalue weighted by atomic mass is 16.5. The lowest BCUT2D eigenvalue weighted by atomic mass is 10.2. The van der Waals surface area contributed by atoms with Gasteiger partial charge in [-0.05, 0) is 19.4 Å². The van der Waals surface area contributed by atoms with Crippen molar-refractivity contribution in [3.8, 4) is 5.75 Å². The lowest BCUT2D eigenvalue weighted by molar-refractivity contribution is 0.0695. The van der Waals surface area contributed by atoms with Crippen LogP contribution in [-0.4, -0.2) is 20.5 Å². The van der Waals surface area contributed by atoms with E-state index in [1.165, 1.54) is 6.07 Å². The molecule has 3 aromatic rings. The van der Waals surface area contributed by atoms with Gasteiger partial charge in [0.1, 0.15) is 6.61 Å². The predicted molar refractivity (Wildman–Crippen MR) is 82.4 cm³/mol. The van der Waals surface area contributed by atoms with Gasteiger partial charge in [-0.1, -0.05) is 30.3 Å². The first-order valence-electron chi connectivity index (χ1n) is 6.95. The molecule has 0 saturated carbocycles. The Labute approximate surface area is 127 Å². The summed E-state index contributed by atoms with van der Waals surface area (Å²) in [5.74, 6) is -0.517. The van der Waals surface area contributed by atoms with Gasteiger partial charge in [-0.3, -0.25) is 0 Å². The standard InChI is InChI=1S/C17H16N2O3/c1-11-12(2)19-9-14(17(20)21)8-15(16(19)18-11)22-10-13-6-4-3-5-7-13/h3-9H,10H2,1-2H3,(H,20,21). The fourth-order valence-corrected chi connectivity index (χ4v) is 2.30. The molecule has 3 rings (SSSR count). The molecule has 0 aliphatic heterocycles. The molecule has 5 heteroatoms. The van der Waals surface area contributed by atoms with Gasteiger partial charge in [0.05, 0.1) is 11.3 Å². The van der Waals surface area contributed by atoms with Gasteiger partial charge in [-0.2, -0.15) is 0 Å². The highest BCUT2D eigenvalue weighted by Gasteiger charge is 2.15. The van der Waals surface area contributed by atoms with E-state index in [-0.39, 0.29) is 5.56 Å². The number of hydrogen-bond donors (Lipinski definition) is 1. The largest absolute Gasteiger partial charge is 0.485 e. The van der Waals surface area contributed by atoms with Crippen LogP contribution in [0.15, 0.2) is 42.6 Å². The number of fused-ring (bicyclic) bond motifs is 1. The number of ether oxygens (including phenoxy) is 1. The van der Waals surface area contributed by atoms with Crippen molar-refractivity contribution in [1.29, 1.82) is 0 Å². The number of carboxylic acid groups (broad SMARTS) is 1. The van der Waals surface area contributed by atoms with Crippen LogP contribution in [0.1, 0.15) is 27.3 Å². The molecule has 1 N–H and O–H groups in total. The Bertz CT molecular complexity index is 838. The first-order valence-corrected chi connectivity index (χ1v) is 6.95. The number of benzene rings is 1. The maximum atomic E-state index is 11.3. The van der Waals surface area contributed by atoms with Crippen LogP contribution in [0, 0.1) is 13.8 Å². The average molecular weight is 296 g/mol. The summed E-state index contributed by atoms with van der Waals surface area (Å²) < 4.78 is 7.58. The van der Waals surface area contributed by atoms with Crippen molar-refractivity contribution in [2.75, 3.05) is 0 Å². The molecule has 5 nitrogen and oxygen atoms in total. The third kappa shape index (κ3) is 2.53. The quantitative estimate of drug-likeness (QED) is 0.803. The number of carboxylic acids is 1. The van der Waals surface area contributed by atoms with E-state index in [4.69, 9.17) is 4.74 Å². The van der Waals surface area contributed by atoms with Crippen LogP contribution in [0.25, 0.3) is 5.65 Å². The van der Waals surface area contributed by atoms with Crippen LogP contribution in [-0.2, 0) is 6.61 Å². The molecule has 112 valence electrons. The number of carbonyl (C=O) groups is 1. The minimum absolute atomic E-state index is 0.177. The first-order chi connectivity index (χ1) is 10.6. The number of aromatic nitrogens is 2. The average Bonchev–Trinajstić information content (AvgIpc) is 2.81. The molecular weight excluding hydrogens is 280 g/mol. The first kappa shape index (κ1) is 14.1. The molecule has 0 unspecified atom stereocenters. The number of rotatable bonds is 4. The molecule has 0 spiro atoms. The second-order valence-electron chi connectivity index (χ2n) is 5.15. The van der Waals surface area contributed by atoms with Crippen LogP contribution in [0.2, 0.25) is 0 Å². The number of hydrogen-bond acceptors (Lipinski definition) is 3. The van der Waals surface area contributed by atoms with E-state index in [0.29, 0.717) is 18.0 Å². The Hall–Kier alpha value is -2.82. The van der Waals surface area contributed by atoms with Crippen molar-refractivity contribution in [3.05, 3.63) is 65.1 Å². The molecule has 0 amide bonds. The molecule has 2 heterocycles. The molecule has 0 atom stereocenters. The fourth-order valence-electron chi connectivity index (χ4n) is 2.30. The summed E-state index contributed by atoms with van der Waals surface area (Å²) in [5, 5.41) is 9.26. The fraction of sp³-hybridized carbons (Fsp3) is 0.176. The Kier molecular flexibility index (Phi) is 3.55. The molecule has 0 saturated heterocycles. The van der Waals surface area contributed by atoms with E-state index in [1.807, 2.05) is 44.2 Å². The molecule has 22 heavy (non-hydrogen) atoms. The number of pyridine rings is 1. The lowest BCUT2D eigenvalue weighted by Gasteiger charge is -2.09. The van der Waals surface area contributed by atoms with Crippen LogP contribution >= 0.6 is 0 Å². The second kappa shape index (κ2) is 5.52. The van der Waals surface area contributed by atoms with Crippen LogP contribution in [0.4, 0.5) is 0 Å². The maximum absolute atomic E-state index is 11.3. The van der Waals surface area contributed by atoms with Crippen molar-refractivity contribution in [3.63, 3.8) is 0 Å². The van der Waals surface area contributed by atoms with Crippen molar-refractivity contribution in [2.24, 2.45) is 0 Å². The van der Waals surface area contributed by atoms with E-state index >= 15 is 0 Å². The van der Waals surface area contributed by atoms with Crippen molar-refractivity contribution in [2.45, 2.75) is 20.5 Å². The van der Waals surface area contributed by atoms with E-state index in [2.05, 4.69) is 4.98 Å². The van der Waals surface area contributed by atoms with E-state index in [1.54, 1.807) is 10.6 Å². The summed E-state index contributed by atoms with van der Waals surface area (Å²) in [6.07, 6.45) is 1.57. The number of aromatic carboxylic acids is 1. The number of aryl methyl sites for hydroxylation is 2. The van der Waals surface area contributed by atoms with Crippen LogP contribution in [0.5, 0.6) is 5.75 Å². The van der Waals surface area contributed by atoms with E-state index < -0.39 is 5.97 Å². The third-order valence-electron chi connectivity index (χ3n) is 3.65. The highest BCUT2D eigenvalue weighted by Crippen LogP contribution is 2.24. The molecule has 0 radical (unpaired) electrons. The van der Waals surface area contributed by atoms with Crippen molar-refractivity contribution >= 4 is 11.6 Å². The molecule has 2 aromatic heterocycles. The Morgan fingerprint density at radius 1 is 1.27 bits per heavy atom. The number of nitrogens with zero attached hydrogens (tertiary/aromatic N) is 2. The summed E-state index contributed by atoms with van der Waals surface area (Å²) in [5.41, 5.74) is 3.59. The Morgan fingerprint density at radius 2 is 2.00 bits per heavy atom. The summed E-state index contributed by atoms with van der Waals surface area (Å²) in [7, 11) is 0. The van der Waals surface area contributed by atoms with Gasteiger partial charge < -0.3 is 14.2 Å². The third-order valence-corrected chi connectivity index (χ3v) is 3.65. The SMILES string of the molecule is Cc1nc2c(OCc3ccccc3)cc(C(=O)O)cn2c1C. The van der Waals surface area contributed by atoms with Crippen LogP contribution in [0.3, 0.4) is 0 Å². The predicted octanol–water partition coefficient (Wildman–Crippen LogP) is 3.23. The Balaban J connectivity index is 2.03. The van der Waals surface area contributed by atoms with Crippen molar-refractivity contribution < 1.29 is 14.6 Å². The zero-order valence-electron chi connectivity index (χ0n) is 12.4. The van der Waals surface area contributed by atoms with Gasteiger partial charge in [-0.25, -0.2) is 9.78 Å². The summed E-state index contributed by atoms with van der Waals surface area (Å²) in [6, 6.07) is 11.2. The second-order valence-corrected chi connectivity index (χ2v) is 5.15. The molecule has 0 aliphatic carbocycles. The molecule has 0 fully saturated rings. The minimum Gasteiger partial charge on any atom is -0.485 e. The monoisotopic (exact) mass is 296 g/mol. The highest BCUT2D eigenvalue weighted by molar-refractivity contribution is 5.88. The van der Waals surface area contributed by atoms with Crippen molar-refractivity contribution in [1.82, 2.24) is 9.38 Å². The molecule has 0 bridgehead atoms. The van der Waals surface area contributed by atoms with Gasteiger partial charge in [0.25, 0.3) is 0 Å². The van der Waals surface area contributed by atoms with Gasteiger partial charge in [0.15, 0.2) is 11.4 Å². The smallest absolute Gasteiger partial charge is 0.337 e. The number of imidazole rings is 1. The summed E-state index contributed by atoms with van der Waals surface area (Å²) >= 11 is 0. The Morgan fingerprint density at radius 3 is 2.68 bits per heavy atom. The maximum Gasteiger partial charge on any atom is 0.337 e. The van der Waals surface area contributed by atoms with Gasteiger partial charge in [0.2, 0.25) is 0 Å². The summed E-state index contributed by atoms with van der Waals surface area (Å²) in [4.78, 5) is 15.8.